The summed E-state index contributed by atoms with van der Waals surface area (Å²) in [5.41, 5.74) is 0.591. The van der Waals surface area contributed by atoms with Gasteiger partial charge in [-0.1, -0.05) is 40.0 Å². The van der Waals surface area contributed by atoms with E-state index in [1.165, 1.54) is 71.2 Å². The van der Waals surface area contributed by atoms with Gasteiger partial charge in [0.05, 0.1) is 0 Å². The van der Waals surface area contributed by atoms with Crippen molar-refractivity contribution in [3.05, 3.63) is 0 Å². The monoisotopic (exact) mass is 240 g/mol. The zero-order valence-corrected chi connectivity index (χ0v) is 12.2. The summed E-state index contributed by atoms with van der Waals surface area (Å²) < 4.78 is 0. The van der Waals surface area contributed by atoms with E-state index >= 15 is 0 Å². The highest BCUT2D eigenvalue weighted by atomic mass is 15.1. The number of nitrogens with one attached hydrogen (secondary N) is 1. The number of hydrogen-bond acceptors (Lipinski definition) is 2. The second-order valence-corrected chi connectivity index (χ2v) is 5.93. The Labute approximate surface area is 108 Å². The van der Waals surface area contributed by atoms with Crippen molar-refractivity contribution in [1.29, 1.82) is 0 Å². The van der Waals surface area contributed by atoms with Gasteiger partial charge in [0.1, 0.15) is 0 Å². The Bertz CT molecular complexity index is 181. The largest absolute Gasteiger partial charge is 0.316 e. The fourth-order valence-electron chi connectivity index (χ4n) is 2.94. The Morgan fingerprint density at radius 1 is 1.06 bits per heavy atom. The van der Waals surface area contributed by atoms with Crippen LogP contribution in [0.25, 0.3) is 0 Å². The van der Waals surface area contributed by atoms with E-state index in [4.69, 9.17) is 0 Å². The van der Waals surface area contributed by atoms with Crippen LogP contribution < -0.4 is 5.32 Å². The lowest BCUT2D eigenvalue weighted by atomic mass is 9.76. The van der Waals surface area contributed by atoms with Crippen molar-refractivity contribution in [3.8, 4) is 0 Å². The van der Waals surface area contributed by atoms with Gasteiger partial charge in [-0.15, -0.1) is 0 Å². The third-order valence-electron chi connectivity index (χ3n) is 4.33. The van der Waals surface area contributed by atoms with Gasteiger partial charge in [-0.05, 0) is 50.9 Å². The second kappa shape index (κ2) is 8.10. The Hall–Kier alpha value is -0.0800. The van der Waals surface area contributed by atoms with Crippen LogP contribution in [-0.2, 0) is 0 Å². The van der Waals surface area contributed by atoms with Crippen molar-refractivity contribution in [2.24, 2.45) is 5.41 Å². The maximum atomic E-state index is 3.67. The van der Waals surface area contributed by atoms with Crippen LogP contribution in [0.1, 0.15) is 59.3 Å². The Balaban J connectivity index is 2.03. The molecule has 0 aliphatic heterocycles. The SMILES string of the molecule is CCN(CC)CCCNCC1(C)CCCCC1. The van der Waals surface area contributed by atoms with Crippen LogP contribution in [0.5, 0.6) is 0 Å². The lowest BCUT2D eigenvalue weighted by molar-refractivity contribution is 0.206. The van der Waals surface area contributed by atoms with Crippen molar-refractivity contribution in [1.82, 2.24) is 10.2 Å². The molecule has 0 unspecified atom stereocenters. The van der Waals surface area contributed by atoms with Crippen LogP contribution in [0.2, 0.25) is 0 Å². The third-order valence-corrected chi connectivity index (χ3v) is 4.33. The van der Waals surface area contributed by atoms with Crippen molar-refractivity contribution < 1.29 is 0 Å². The Kier molecular flexibility index (Phi) is 7.14. The van der Waals surface area contributed by atoms with Crippen LogP contribution in [0.4, 0.5) is 0 Å². The number of rotatable bonds is 8. The average molecular weight is 240 g/mol. The highest BCUT2D eigenvalue weighted by molar-refractivity contribution is 4.80. The molecular formula is C15H32N2. The molecule has 0 amide bonds. The average Bonchev–Trinajstić information content (AvgIpc) is 2.35. The molecule has 0 spiro atoms. The first-order chi connectivity index (χ1) is 8.20. The summed E-state index contributed by atoms with van der Waals surface area (Å²) in [7, 11) is 0. The van der Waals surface area contributed by atoms with Gasteiger partial charge in [-0.2, -0.15) is 0 Å². The predicted octanol–water partition coefficient (Wildman–Crippen LogP) is 3.28. The molecule has 1 N–H and O–H groups in total. The number of hydrogen-bond donors (Lipinski definition) is 1. The summed E-state index contributed by atoms with van der Waals surface area (Å²) in [6.45, 7) is 13.0. The molecule has 1 rings (SSSR count). The normalized spacial score (nSPS) is 19.8. The van der Waals surface area contributed by atoms with Crippen LogP contribution in [0.3, 0.4) is 0 Å². The van der Waals surface area contributed by atoms with E-state index in [1.54, 1.807) is 0 Å². The molecule has 17 heavy (non-hydrogen) atoms. The molecule has 0 bridgehead atoms. The summed E-state index contributed by atoms with van der Waals surface area (Å²) in [6.07, 6.45) is 8.48. The van der Waals surface area contributed by atoms with Crippen LogP contribution in [0.15, 0.2) is 0 Å². The third kappa shape index (κ3) is 5.87. The summed E-state index contributed by atoms with van der Waals surface area (Å²) in [5, 5.41) is 3.67. The molecule has 1 fully saturated rings. The number of nitrogens with zero attached hydrogens (tertiary/aromatic N) is 1. The van der Waals surface area contributed by atoms with Crippen molar-refractivity contribution in [2.45, 2.75) is 59.3 Å². The van der Waals surface area contributed by atoms with E-state index < -0.39 is 0 Å². The molecule has 0 aromatic rings. The van der Waals surface area contributed by atoms with Gasteiger partial charge in [0, 0.05) is 6.54 Å². The van der Waals surface area contributed by atoms with E-state index in [0.29, 0.717) is 5.41 Å². The molecule has 1 aliphatic rings. The van der Waals surface area contributed by atoms with Gasteiger partial charge < -0.3 is 10.2 Å². The predicted molar refractivity (Wildman–Crippen MR) is 76.5 cm³/mol. The smallest absolute Gasteiger partial charge is 0.000517 e. The second-order valence-electron chi connectivity index (χ2n) is 5.93. The first-order valence-electron chi connectivity index (χ1n) is 7.63. The summed E-state index contributed by atoms with van der Waals surface area (Å²) in [5.74, 6) is 0. The van der Waals surface area contributed by atoms with Crippen LogP contribution in [0, 0.1) is 5.41 Å². The molecule has 0 aromatic carbocycles. The van der Waals surface area contributed by atoms with Crippen molar-refractivity contribution >= 4 is 0 Å². The highest BCUT2D eigenvalue weighted by Gasteiger charge is 2.25. The molecule has 0 aromatic heterocycles. The molecule has 0 radical (unpaired) electrons. The summed E-state index contributed by atoms with van der Waals surface area (Å²) in [4.78, 5) is 2.50. The molecule has 2 nitrogen and oxygen atoms in total. The summed E-state index contributed by atoms with van der Waals surface area (Å²) >= 11 is 0. The van der Waals surface area contributed by atoms with E-state index in [2.05, 4.69) is 31.0 Å². The minimum Gasteiger partial charge on any atom is -0.316 e. The fraction of sp³-hybridized carbons (Fsp3) is 1.00. The van der Waals surface area contributed by atoms with Gasteiger partial charge >= 0.3 is 0 Å². The first kappa shape index (κ1) is 15.0. The first-order valence-corrected chi connectivity index (χ1v) is 7.63. The van der Waals surface area contributed by atoms with E-state index in [-0.39, 0.29) is 0 Å². The van der Waals surface area contributed by atoms with Gasteiger partial charge in [0.25, 0.3) is 0 Å². The molecule has 0 saturated heterocycles. The molecule has 1 aliphatic carbocycles. The van der Waals surface area contributed by atoms with E-state index in [9.17, 15) is 0 Å². The zero-order valence-electron chi connectivity index (χ0n) is 12.2. The summed E-state index contributed by atoms with van der Waals surface area (Å²) in [6, 6.07) is 0. The lowest BCUT2D eigenvalue weighted by Gasteiger charge is -2.34. The maximum Gasteiger partial charge on any atom is 0.000517 e. The zero-order chi connectivity index (χ0) is 12.6. The Morgan fingerprint density at radius 3 is 2.29 bits per heavy atom. The lowest BCUT2D eigenvalue weighted by Crippen LogP contribution is -2.35. The Morgan fingerprint density at radius 2 is 1.71 bits per heavy atom. The molecule has 0 heterocycles. The van der Waals surface area contributed by atoms with Gasteiger partial charge in [-0.25, -0.2) is 0 Å². The van der Waals surface area contributed by atoms with Gasteiger partial charge in [0.15, 0.2) is 0 Å². The molecule has 102 valence electrons. The van der Waals surface area contributed by atoms with Crippen LogP contribution in [-0.4, -0.2) is 37.6 Å². The topological polar surface area (TPSA) is 15.3 Å². The minimum absolute atomic E-state index is 0.591. The molecule has 0 atom stereocenters. The fourth-order valence-corrected chi connectivity index (χ4v) is 2.94. The standard InChI is InChI=1S/C15H32N2/c1-4-17(5-2)13-9-12-16-14-15(3)10-7-6-8-11-15/h16H,4-14H2,1-3H3. The highest BCUT2D eigenvalue weighted by Crippen LogP contribution is 2.34. The van der Waals surface area contributed by atoms with Crippen molar-refractivity contribution in [2.75, 3.05) is 32.7 Å². The maximum absolute atomic E-state index is 3.67. The molecule has 1 saturated carbocycles. The molecular weight excluding hydrogens is 208 g/mol. The quantitative estimate of drug-likeness (QED) is 0.655. The minimum atomic E-state index is 0.591. The van der Waals surface area contributed by atoms with Gasteiger partial charge in [0.2, 0.25) is 0 Å². The van der Waals surface area contributed by atoms with Gasteiger partial charge in [-0.3, -0.25) is 0 Å². The molecule has 2 heteroatoms. The van der Waals surface area contributed by atoms with E-state index in [1.807, 2.05) is 0 Å². The van der Waals surface area contributed by atoms with E-state index in [0.717, 1.165) is 0 Å². The van der Waals surface area contributed by atoms with Crippen LogP contribution >= 0.6 is 0 Å². The van der Waals surface area contributed by atoms with Crippen molar-refractivity contribution in [3.63, 3.8) is 0 Å².